The maximum atomic E-state index is 9.65. The minimum Gasteiger partial charge on any atom is -0.493 e. The molecule has 1 unspecified atom stereocenters. The Bertz CT molecular complexity index is 615. The van der Waals surface area contributed by atoms with Gasteiger partial charge in [-0.1, -0.05) is 28.1 Å². The van der Waals surface area contributed by atoms with Crippen LogP contribution in [0.15, 0.2) is 46.9 Å². The fraction of sp³-hybridized carbons (Fsp3) is 0.250. The van der Waals surface area contributed by atoms with E-state index in [4.69, 9.17) is 4.74 Å². The van der Waals surface area contributed by atoms with Crippen LogP contribution in [0.3, 0.4) is 0 Å². The van der Waals surface area contributed by atoms with Crippen LogP contribution < -0.4 is 10.1 Å². The molecule has 4 heteroatoms. The van der Waals surface area contributed by atoms with Gasteiger partial charge in [-0.3, -0.25) is 0 Å². The lowest BCUT2D eigenvalue weighted by Crippen LogP contribution is -2.15. The Hall–Kier alpha value is -1.52. The van der Waals surface area contributed by atoms with Gasteiger partial charge in [0.1, 0.15) is 5.75 Å². The summed E-state index contributed by atoms with van der Waals surface area (Å²) in [5, 5.41) is 13.0. The van der Waals surface area contributed by atoms with Gasteiger partial charge in [-0.25, -0.2) is 0 Å². The molecule has 1 heterocycles. The molecule has 2 aromatic carbocycles. The molecular formula is C16H16BrNO2. The molecular weight excluding hydrogens is 318 g/mol. The molecule has 104 valence electrons. The van der Waals surface area contributed by atoms with Crippen LogP contribution in [0.2, 0.25) is 0 Å². The molecule has 0 bridgehead atoms. The highest BCUT2D eigenvalue weighted by molar-refractivity contribution is 9.10. The number of hydrogen-bond donors (Lipinski definition) is 2. The van der Waals surface area contributed by atoms with Gasteiger partial charge in [0.05, 0.1) is 19.3 Å². The molecule has 0 radical (unpaired) electrons. The molecule has 3 rings (SSSR count). The lowest BCUT2D eigenvalue weighted by Gasteiger charge is -2.19. The highest BCUT2D eigenvalue weighted by Gasteiger charge is 2.16. The van der Waals surface area contributed by atoms with E-state index in [9.17, 15) is 5.11 Å². The van der Waals surface area contributed by atoms with Crippen molar-refractivity contribution in [1.29, 1.82) is 0 Å². The average Bonchev–Trinajstić information content (AvgIpc) is 2.92. The summed E-state index contributed by atoms with van der Waals surface area (Å²) in [6.45, 7) is 0.799. The second-order valence-electron chi connectivity index (χ2n) is 4.86. The Morgan fingerprint density at radius 3 is 2.95 bits per heavy atom. The van der Waals surface area contributed by atoms with Crippen LogP contribution in [-0.2, 0) is 6.42 Å². The van der Waals surface area contributed by atoms with Crippen molar-refractivity contribution in [3.63, 3.8) is 0 Å². The molecule has 0 amide bonds. The number of anilines is 1. The first-order chi connectivity index (χ1) is 9.76. The van der Waals surface area contributed by atoms with Crippen LogP contribution in [-0.4, -0.2) is 18.3 Å². The second kappa shape index (κ2) is 5.85. The number of benzene rings is 2. The summed E-state index contributed by atoms with van der Waals surface area (Å²) in [5.41, 5.74) is 3.28. The van der Waals surface area contributed by atoms with E-state index in [1.807, 2.05) is 36.4 Å². The standard InChI is InChI=1S/C16H16BrNO2/c17-13-2-1-3-14(9-13)18-15(10-19)11-4-5-16-12(8-11)6-7-20-16/h1-5,8-9,15,18-19H,6-7,10H2. The van der Waals surface area contributed by atoms with Crippen molar-refractivity contribution in [2.45, 2.75) is 12.5 Å². The van der Waals surface area contributed by atoms with Gasteiger partial charge in [0.2, 0.25) is 0 Å². The van der Waals surface area contributed by atoms with E-state index in [1.165, 1.54) is 5.56 Å². The van der Waals surface area contributed by atoms with E-state index in [0.717, 1.165) is 34.5 Å². The largest absolute Gasteiger partial charge is 0.493 e. The Morgan fingerprint density at radius 1 is 1.25 bits per heavy atom. The quantitative estimate of drug-likeness (QED) is 0.899. The van der Waals surface area contributed by atoms with E-state index < -0.39 is 0 Å². The van der Waals surface area contributed by atoms with Crippen LogP contribution in [0.25, 0.3) is 0 Å². The fourth-order valence-electron chi connectivity index (χ4n) is 2.44. The number of hydrogen-bond acceptors (Lipinski definition) is 3. The maximum Gasteiger partial charge on any atom is 0.122 e. The van der Waals surface area contributed by atoms with Crippen LogP contribution in [0, 0.1) is 0 Å². The van der Waals surface area contributed by atoms with Crippen molar-refractivity contribution < 1.29 is 9.84 Å². The van der Waals surface area contributed by atoms with Crippen LogP contribution >= 0.6 is 15.9 Å². The first-order valence-corrected chi connectivity index (χ1v) is 7.44. The Balaban J connectivity index is 1.83. The third-order valence-electron chi connectivity index (χ3n) is 3.46. The van der Waals surface area contributed by atoms with Crippen LogP contribution in [0.5, 0.6) is 5.75 Å². The molecule has 0 fully saturated rings. The van der Waals surface area contributed by atoms with Gasteiger partial charge >= 0.3 is 0 Å². The number of ether oxygens (including phenoxy) is 1. The second-order valence-corrected chi connectivity index (χ2v) is 5.77. The van der Waals surface area contributed by atoms with Crippen LogP contribution in [0.4, 0.5) is 5.69 Å². The summed E-state index contributed by atoms with van der Waals surface area (Å²) in [6, 6.07) is 13.9. The van der Waals surface area contributed by atoms with Crippen molar-refractivity contribution in [3.05, 3.63) is 58.1 Å². The average molecular weight is 334 g/mol. The fourth-order valence-corrected chi connectivity index (χ4v) is 2.84. The SMILES string of the molecule is OCC(Nc1cccc(Br)c1)c1ccc2c(c1)CCO2. The molecule has 0 aliphatic carbocycles. The number of aliphatic hydroxyl groups is 1. The zero-order valence-electron chi connectivity index (χ0n) is 11.0. The van der Waals surface area contributed by atoms with Gasteiger partial charge < -0.3 is 15.2 Å². The van der Waals surface area contributed by atoms with Gasteiger partial charge in [-0.05, 0) is 41.5 Å². The molecule has 0 aromatic heterocycles. The highest BCUT2D eigenvalue weighted by atomic mass is 79.9. The first kappa shape index (κ1) is 13.5. The molecule has 0 saturated heterocycles. The van der Waals surface area contributed by atoms with Gasteiger partial charge in [-0.2, -0.15) is 0 Å². The summed E-state index contributed by atoms with van der Waals surface area (Å²) >= 11 is 3.45. The minimum atomic E-state index is -0.116. The van der Waals surface area contributed by atoms with Crippen molar-refractivity contribution in [2.24, 2.45) is 0 Å². The summed E-state index contributed by atoms with van der Waals surface area (Å²) in [5.74, 6) is 0.966. The molecule has 20 heavy (non-hydrogen) atoms. The molecule has 1 aliphatic rings. The number of nitrogens with one attached hydrogen (secondary N) is 1. The summed E-state index contributed by atoms with van der Waals surface area (Å²) in [4.78, 5) is 0. The zero-order chi connectivity index (χ0) is 13.9. The van der Waals surface area contributed by atoms with Crippen molar-refractivity contribution in [1.82, 2.24) is 0 Å². The molecule has 1 aliphatic heterocycles. The number of rotatable bonds is 4. The topological polar surface area (TPSA) is 41.5 Å². The molecule has 3 nitrogen and oxygen atoms in total. The third-order valence-corrected chi connectivity index (χ3v) is 3.96. The Morgan fingerprint density at radius 2 is 2.15 bits per heavy atom. The van der Waals surface area contributed by atoms with Crippen molar-refractivity contribution >= 4 is 21.6 Å². The van der Waals surface area contributed by atoms with Gasteiger partial charge in [0.25, 0.3) is 0 Å². The number of fused-ring (bicyclic) bond motifs is 1. The Labute approximate surface area is 126 Å². The highest BCUT2D eigenvalue weighted by Crippen LogP contribution is 2.29. The normalized spacial score (nSPS) is 14.5. The Kier molecular flexibility index (Phi) is 3.94. The lowest BCUT2D eigenvalue weighted by atomic mass is 10.0. The molecule has 1 atom stereocenters. The molecule has 2 N–H and O–H groups in total. The van der Waals surface area contributed by atoms with E-state index in [-0.39, 0.29) is 12.6 Å². The molecule has 0 saturated carbocycles. The molecule has 2 aromatic rings. The summed E-state index contributed by atoms with van der Waals surface area (Å²) < 4.78 is 6.53. The summed E-state index contributed by atoms with van der Waals surface area (Å²) in [7, 11) is 0. The predicted molar refractivity (Wildman–Crippen MR) is 83.2 cm³/mol. The minimum absolute atomic E-state index is 0.0478. The maximum absolute atomic E-state index is 9.65. The monoisotopic (exact) mass is 333 g/mol. The number of halogens is 1. The molecule has 0 spiro atoms. The van der Waals surface area contributed by atoms with Gasteiger partial charge in [-0.15, -0.1) is 0 Å². The van der Waals surface area contributed by atoms with Crippen molar-refractivity contribution in [2.75, 3.05) is 18.5 Å². The summed E-state index contributed by atoms with van der Waals surface area (Å²) in [6.07, 6.45) is 0.943. The van der Waals surface area contributed by atoms with Crippen molar-refractivity contribution in [3.8, 4) is 5.75 Å². The lowest BCUT2D eigenvalue weighted by molar-refractivity contribution is 0.276. The number of aliphatic hydroxyl groups excluding tert-OH is 1. The first-order valence-electron chi connectivity index (χ1n) is 6.65. The zero-order valence-corrected chi connectivity index (χ0v) is 12.6. The van der Waals surface area contributed by atoms with E-state index in [1.54, 1.807) is 0 Å². The third kappa shape index (κ3) is 2.81. The van der Waals surface area contributed by atoms with Gasteiger partial charge in [0, 0.05) is 16.6 Å². The van der Waals surface area contributed by atoms with E-state index >= 15 is 0 Å². The predicted octanol–water partition coefficient (Wildman–Crippen LogP) is 3.53. The smallest absolute Gasteiger partial charge is 0.122 e. The van der Waals surface area contributed by atoms with Crippen LogP contribution in [0.1, 0.15) is 17.2 Å². The van der Waals surface area contributed by atoms with E-state index in [0.29, 0.717) is 0 Å². The van der Waals surface area contributed by atoms with E-state index in [2.05, 4.69) is 27.3 Å². The van der Waals surface area contributed by atoms with Gasteiger partial charge in [0.15, 0.2) is 0 Å².